The van der Waals surface area contributed by atoms with Crippen LogP contribution in [0.2, 0.25) is 0 Å². The molecule has 0 saturated heterocycles. The third kappa shape index (κ3) is 18.7. The van der Waals surface area contributed by atoms with Crippen LogP contribution in [0.5, 0.6) is 0 Å². The van der Waals surface area contributed by atoms with Crippen LogP contribution in [0.4, 0.5) is 0 Å². The minimum absolute atomic E-state index is 0.720. The fourth-order valence-corrected chi connectivity index (χ4v) is 3.88. The van der Waals surface area contributed by atoms with Crippen LogP contribution in [0.15, 0.2) is 0 Å². The fourth-order valence-electron chi connectivity index (χ4n) is 3.88. The van der Waals surface area contributed by atoms with Gasteiger partial charge in [-0.1, -0.05) is 117 Å². The first-order valence-electron chi connectivity index (χ1n) is 12.5. The lowest BCUT2D eigenvalue weighted by Crippen LogP contribution is -2.32. The van der Waals surface area contributed by atoms with Crippen LogP contribution in [0.1, 0.15) is 143 Å². The van der Waals surface area contributed by atoms with Gasteiger partial charge >= 0.3 is 0 Å². The second kappa shape index (κ2) is 21.3. The molecule has 0 radical (unpaired) electrons. The SMILES string of the molecule is CCCCCCCCCCCN(CCCCCCCCCCC)C(C)C. The van der Waals surface area contributed by atoms with Crippen molar-refractivity contribution in [2.75, 3.05) is 13.1 Å². The minimum Gasteiger partial charge on any atom is -0.301 e. The van der Waals surface area contributed by atoms with Gasteiger partial charge in [0.05, 0.1) is 0 Å². The molecular weight excluding hydrogens is 314 g/mol. The molecule has 26 heavy (non-hydrogen) atoms. The molecule has 0 aromatic rings. The highest BCUT2D eigenvalue weighted by molar-refractivity contribution is 4.63. The maximum absolute atomic E-state index is 2.72. The molecule has 0 saturated carbocycles. The summed E-state index contributed by atoms with van der Waals surface area (Å²) in [6.07, 6.45) is 25.9. The van der Waals surface area contributed by atoms with Crippen LogP contribution >= 0.6 is 0 Å². The van der Waals surface area contributed by atoms with Gasteiger partial charge in [-0.05, 0) is 39.8 Å². The Morgan fingerprint density at radius 1 is 0.423 bits per heavy atom. The zero-order chi connectivity index (χ0) is 19.3. The Labute approximate surface area is 167 Å². The van der Waals surface area contributed by atoms with Crippen LogP contribution in [0, 0.1) is 0 Å². The second-order valence-corrected chi connectivity index (χ2v) is 8.79. The van der Waals surface area contributed by atoms with E-state index in [4.69, 9.17) is 0 Å². The van der Waals surface area contributed by atoms with Crippen molar-refractivity contribution in [3.8, 4) is 0 Å². The van der Waals surface area contributed by atoms with Crippen LogP contribution in [-0.4, -0.2) is 24.0 Å². The van der Waals surface area contributed by atoms with Crippen molar-refractivity contribution in [2.45, 2.75) is 149 Å². The number of hydrogen-bond acceptors (Lipinski definition) is 1. The molecule has 0 aromatic heterocycles. The van der Waals surface area contributed by atoms with Gasteiger partial charge in [0.2, 0.25) is 0 Å². The van der Waals surface area contributed by atoms with Gasteiger partial charge in [-0.2, -0.15) is 0 Å². The molecule has 0 heterocycles. The normalized spacial score (nSPS) is 11.8. The summed E-state index contributed by atoms with van der Waals surface area (Å²) in [5, 5.41) is 0. The molecule has 0 atom stereocenters. The Bertz CT molecular complexity index is 227. The van der Waals surface area contributed by atoms with E-state index in [1.54, 1.807) is 0 Å². The van der Waals surface area contributed by atoms with E-state index in [0.717, 1.165) is 6.04 Å². The Kier molecular flexibility index (Phi) is 21.2. The summed E-state index contributed by atoms with van der Waals surface area (Å²) in [6, 6.07) is 0.720. The Hall–Kier alpha value is -0.0400. The molecule has 0 aromatic carbocycles. The third-order valence-electron chi connectivity index (χ3n) is 5.83. The molecule has 0 unspecified atom stereocenters. The Morgan fingerprint density at radius 2 is 0.692 bits per heavy atom. The van der Waals surface area contributed by atoms with Gasteiger partial charge in [0.1, 0.15) is 0 Å². The Morgan fingerprint density at radius 3 is 0.962 bits per heavy atom. The van der Waals surface area contributed by atoms with E-state index in [0.29, 0.717) is 0 Å². The number of nitrogens with zero attached hydrogens (tertiary/aromatic N) is 1. The molecular formula is C25H53N. The van der Waals surface area contributed by atoms with E-state index in [9.17, 15) is 0 Å². The van der Waals surface area contributed by atoms with E-state index >= 15 is 0 Å². The smallest absolute Gasteiger partial charge is 0.00385 e. The summed E-state index contributed by atoms with van der Waals surface area (Å²) >= 11 is 0. The minimum atomic E-state index is 0.720. The molecule has 158 valence electrons. The molecule has 0 N–H and O–H groups in total. The quantitative estimate of drug-likeness (QED) is 0.183. The average Bonchev–Trinajstić information content (AvgIpc) is 2.63. The van der Waals surface area contributed by atoms with E-state index in [-0.39, 0.29) is 0 Å². The number of hydrogen-bond donors (Lipinski definition) is 0. The van der Waals surface area contributed by atoms with E-state index in [1.807, 2.05) is 0 Å². The van der Waals surface area contributed by atoms with Crippen molar-refractivity contribution < 1.29 is 0 Å². The van der Waals surface area contributed by atoms with Crippen LogP contribution in [-0.2, 0) is 0 Å². The van der Waals surface area contributed by atoms with E-state index in [2.05, 4.69) is 32.6 Å². The summed E-state index contributed by atoms with van der Waals surface area (Å²) in [5.74, 6) is 0. The van der Waals surface area contributed by atoms with Crippen molar-refractivity contribution in [1.29, 1.82) is 0 Å². The van der Waals surface area contributed by atoms with Crippen molar-refractivity contribution in [3.05, 3.63) is 0 Å². The van der Waals surface area contributed by atoms with Gasteiger partial charge in [-0.25, -0.2) is 0 Å². The highest BCUT2D eigenvalue weighted by atomic mass is 15.1. The number of unbranched alkanes of at least 4 members (excludes halogenated alkanes) is 16. The van der Waals surface area contributed by atoms with E-state index < -0.39 is 0 Å². The maximum atomic E-state index is 2.72. The molecule has 0 rings (SSSR count). The monoisotopic (exact) mass is 367 g/mol. The molecule has 0 aliphatic carbocycles. The largest absolute Gasteiger partial charge is 0.301 e. The topological polar surface area (TPSA) is 3.24 Å². The van der Waals surface area contributed by atoms with Gasteiger partial charge in [-0.15, -0.1) is 0 Å². The number of rotatable bonds is 21. The third-order valence-corrected chi connectivity index (χ3v) is 5.83. The van der Waals surface area contributed by atoms with Crippen LogP contribution in [0.3, 0.4) is 0 Å². The molecule has 0 bridgehead atoms. The van der Waals surface area contributed by atoms with Crippen LogP contribution < -0.4 is 0 Å². The average molecular weight is 368 g/mol. The van der Waals surface area contributed by atoms with Gasteiger partial charge in [-0.3, -0.25) is 0 Å². The van der Waals surface area contributed by atoms with Crippen LogP contribution in [0.25, 0.3) is 0 Å². The molecule has 0 aliphatic heterocycles. The summed E-state index contributed by atoms with van der Waals surface area (Å²) in [4.78, 5) is 2.72. The highest BCUT2D eigenvalue weighted by Gasteiger charge is 2.08. The Balaban J connectivity index is 3.45. The second-order valence-electron chi connectivity index (χ2n) is 8.79. The van der Waals surface area contributed by atoms with Crippen molar-refractivity contribution in [3.63, 3.8) is 0 Å². The highest BCUT2D eigenvalue weighted by Crippen LogP contribution is 2.13. The molecule has 0 spiro atoms. The molecule has 0 fully saturated rings. The summed E-state index contributed by atoms with van der Waals surface area (Å²) in [5.41, 5.74) is 0. The summed E-state index contributed by atoms with van der Waals surface area (Å²) in [7, 11) is 0. The predicted octanol–water partition coefficient (Wildman–Crippen LogP) is 8.76. The van der Waals surface area contributed by atoms with Crippen molar-refractivity contribution >= 4 is 0 Å². The van der Waals surface area contributed by atoms with Gasteiger partial charge < -0.3 is 4.90 Å². The van der Waals surface area contributed by atoms with Gasteiger partial charge in [0.15, 0.2) is 0 Å². The molecule has 1 heteroatoms. The van der Waals surface area contributed by atoms with Crippen molar-refractivity contribution in [1.82, 2.24) is 4.90 Å². The molecule has 0 amide bonds. The first kappa shape index (κ1) is 26.0. The summed E-state index contributed by atoms with van der Waals surface area (Å²) in [6.45, 7) is 12.0. The van der Waals surface area contributed by atoms with Crippen molar-refractivity contribution in [2.24, 2.45) is 0 Å². The molecule has 1 nitrogen and oxygen atoms in total. The lowest BCUT2D eigenvalue weighted by molar-refractivity contribution is 0.211. The van der Waals surface area contributed by atoms with Gasteiger partial charge in [0.25, 0.3) is 0 Å². The summed E-state index contributed by atoms with van der Waals surface area (Å²) < 4.78 is 0. The predicted molar refractivity (Wildman–Crippen MR) is 121 cm³/mol. The fraction of sp³-hybridized carbons (Fsp3) is 1.00. The zero-order valence-corrected chi connectivity index (χ0v) is 19.2. The molecule has 0 aliphatic rings. The van der Waals surface area contributed by atoms with E-state index in [1.165, 1.54) is 129 Å². The van der Waals surface area contributed by atoms with Gasteiger partial charge in [0, 0.05) is 6.04 Å². The maximum Gasteiger partial charge on any atom is 0.00385 e. The first-order chi connectivity index (χ1) is 12.7. The lowest BCUT2D eigenvalue weighted by Gasteiger charge is -2.26. The first-order valence-corrected chi connectivity index (χ1v) is 12.5. The zero-order valence-electron chi connectivity index (χ0n) is 19.2. The standard InChI is InChI=1S/C25H53N/c1-5-7-9-11-13-15-17-19-21-23-26(25(3)4)24-22-20-18-16-14-12-10-8-6-2/h25H,5-24H2,1-4H3. The lowest BCUT2D eigenvalue weighted by atomic mass is 10.1.